The van der Waals surface area contributed by atoms with E-state index in [0.717, 1.165) is 16.9 Å². The van der Waals surface area contributed by atoms with Gasteiger partial charge in [0.05, 0.1) is 19.4 Å². The maximum Gasteiger partial charge on any atom is 0.344 e. The highest BCUT2D eigenvalue weighted by atomic mass is 16.6. The minimum Gasteiger partial charge on any atom is -0.490 e. The fraction of sp³-hybridized carbons (Fsp3) is 0.179. The molecule has 3 aromatic carbocycles. The molecule has 1 aromatic heterocycles. The summed E-state index contributed by atoms with van der Waals surface area (Å²) in [6.45, 7) is 4.11. The topological polar surface area (TPSA) is 132 Å². The Morgan fingerprint density at radius 3 is 1.97 bits per heavy atom. The Balaban J connectivity index is 1.50. The second kappa shape index (κ2) is 13.9. The molecule has 0 amide bonds. The summed E-state index contributed by atoms with van der Waals surface area (Å²) >= 11 is 0. The molecular formula is C28H29N7O4. The number of para-hydroxylation sites is 2. The van der Waals surface area contributed by atoms with Crippen molar-refractivity contribution in [3.8, 4) is 11.5 Å². The summed E-state index contributed by atoms with van der Waals surface area (Å²) in [7, 11) is 0. The van der Waals surface area contributed by atoms with Crippen LogP contribution in [0.25, 0.3) is 0 Å². The summed E-state index contributed by atoms with van der Waals surface area (Å²) in [5.74, 6) is 1.38. The molecule has 4 rings (SSSR count). The van der Waals surface area contributed by atoms with Gasteiger partial charge in [0, 0.05) is 11.4 Å². The van der Waals surface area contributed by atoms with Crippen LogP contribution in [0.4, 0.5) is 29.2 Å². The zero-order valence-corrected chi connectivity index (χ0v) is 21.6. The van der Waals surface area contributed by atoms with Crippen molar-refractivity contribution in [1.82, 2.24) is 15.0 Å². The maximum absolute atomic E-state index is 11.6. The molecule has 39 heavy (non-hydrogen) atoms. The predicted molar refractivity (Wildman–Crippen MR) is 150 cm³/mol. The van der Waals surface area contributed by atoms with E-state index in [1.54, 1.807) is 31.3 Å². The van der Waals surface area contributed by atoms with E-state index in [1.807, 2.05) is 67.6 Å². The average molecular weight is 528 g/mol. The number of nitrogens with zero attached hydrogens (tertiary/aromatic N) is 4. The monoisotopic (exact) mass is 527 g/mol. The summed E-state index contributed by atoms with van der Waals surface area (Å²) in [5.41, 5.74) is 5.25. The van der Waals surface area contributed by atoms with Crippen LogP contribution in [-0.2, 0) is 9.53 Å². The lowest BCUT2D eigenvalue weighted by atomic mass is 10.2. The number of nitrogens with one attached hydrogen (secondary N) is 3. The second-order valence-corrected chi connectivity index (χ2v) is 7.89. The first-order chi connectivity index (χ1) is 19.1. The molecular weight excluding hydrogens is 498 g/mol. The molecule has 0 aliphatic heterocycles. The largest absolute Gasteiger partial charge is 0.490 e. The highest BCUT2D eigenvalue weighted by Gasteiger charge is 2.10. The lowest BCUT2D eigenvalue weighted by molar-refractivity contribution is -0.145. The summed E-state index contributed by atoms with van der Waals surface area (Å²) in [6.07, 6.45) is 1.59. The van der Waals surface area contributed by atoms with Gasteiger partial charge in [-0.15, -0.1) is 0 Å². The summed E-state index contributed by atoms with van der Waals surface area (Å²) < 4.78 is 16.1. The minimum absolute atomic E-state index is 0.207. The smallest absolute Gasteiger partial charge is 0.344 e. The van der Waals surface area contributed by atoms with Crippen LogP contribution in [0.3, 0.4) is 0 Å². The van der Waals surface area contributed by atoms with Gasteiger partial charge in [0.2, 0.25) is 17.8 Å². The number of hydrazone groups is 1. The van der Waals surface area contributed by atoms with Gasteiger partial charge in [-0.2, -0.15) is 20.1 Å². The third kappa shape index (κ3) is 8.42. The Bertz CT molecular complexity index is 1330. The lowest BCUT2D eigenvalue weighted by Crippen LogP contribution is -2.15. The van der Waals surface area contributed by atoms with Crippen molar-refractivity contribution >= 4 is 41.4 Å². The van der Waals surface area contributed by atoms with Gasteiger partial charge in [0.1, 0.15) is 0 Å². The zero-order valence-electron chi connectivity index (χ0n) is 21.6. The van der Waals surface area contributed by atoms with Crippen LogP contribution in [0.15, 0.2) is 84.0 Å². The number of ether oxygens (including phenoxy) is 3. The Labute approximate surface area is 226 Å². The predicted octanol–water partition coefficient (Wildman–Crippen LogP) is 5.15. The first kappa shape index (κ1) is 26.9. The SMILES string of the molecule is CCOC(=O)COc1ccc(C=NNc2nc(Nc3ccccc3)nc(Nc3ccccc3)n2)cc1OCC. The maximum atomic E-state index is 11.6. The van der Waals surface area contributed by atoms with Gasteiger partial charge in [0.15, 0.2) is 18.1 Å². The number of carbonyl (C=O) groups is 1. The van der Waals surface area contributed by atoms with E-state index in [2.05, 4.69) is 36.1 Å². The van der Waals surface area contributed by atoms with Gasteiger partial charge in [-0.25, -0.2) is 10.2 Å². The Hall–Kier alpha value is -5.19. The first-order valence-corrected chi connectivity index (χ1v) is 12.4. The number of benzene rings is 3. The van der Waals surface area contributed by atoms with Gasteiger partial charge >= 0.3 is 5.97 Å². The molecule has 11 heteroatoms. The number of hydrogen-bond donors (Lipinski definition) is 3. The minimum atomic E-state index is -0.450. The van der Waals surface area contributed by atoms with E-state index in [-0.39, 0.29) is 19.2 Å². The quantitative estimate of drug-likeness (QED) is 0.122. The van der Waals surface area contributed by atoms with Crippen molar-refractivity contribution in [2.24, 2.45) is 5.10 Å². The van der Waals surface area contributed by atoms with Crippen molar-refractivity contribution in [3.05, 3.63) is 84.4 Å². The third-order valence-electron chi connectivity index (χ3n) is 4.99. The molecule has 0 aliphatic rings. The summed E-state index contributed by atoms with van der Waals surface area (Å²) in [4.78, 5) is 25.0. The molecule has 11 nitrogen and oxygen atoms in total. The standard InChI is InChI=1S/C28H29N7O4/c1-3-37-24-17-20(15-16-23(24)39-19-25(36)38-4-2)18-29-35-28-33-26(30-21-11-7-5-8-12-21)32-27(34-28)31-22-13-9-6-10-14-22/h5-18H,3-4,19H2,1-2H3,(H3,30,31,32,33,34,35). The third-order valence-corrected chi connectivity index (χ3v) is 4.99. The molecule has 1 heterocycles. The average Bonchev–Trinajstić information content (AvgIpc) is 2.94. The molecule has 3 N–H and O–H groups in total. The molecule has 0 unspecified atom stereocenters. The Morgan fingerprint density at radius 1 is 0.769 bits per heavy atom. The Kier molecular flexibility index (Phi) is 9.60. The molecule has 4 aromatic rings. The highest BCUT2D eigenvalue weighted by molar-refractivity contribution is 5.81. The van der Waals surface area contributed by atoms with Gasteiger partial charge < -0.3 is 24.8 Å². The van der Waals surface area contributed by atoms with Gasteiger partial charge in [-0.05, 0) is 61.9 Å². The van der Waals surface area contributed by atoms with E-state index in [9.17, 15) is 4.79 Å². The van der Waals surface area contributed by atoms with Crippen LogP contribution < -0.4 is 25.5 Å². The first-order valence-electron chi connectivity index (χ1n) is 12.4. The van der Waals surface area contributed by atoms with E-state index < -0.39 is 5.97 Å². The van der Waals surface area contributed by atoms with Crippen LogP contribution in [0.2, 0.25) is 0 Å². The number of esters is 1. The highest BCUT2D eigenvalue weighted by Crippen LogP contribution is 2.28. The zero-order chi connectivity index (χ0) is 27.3. The summed E-state index contributed by atoms with van der Waals surface area (Å²) in [6, 6.07) is 24.4. The van der Waals surface area contributed by atoms with E-state index in [4.69, 9.17) is 14.2 Å². The van der Waals surface area contributed by atoms with Gasteiger partial charge in [0.25, 0.3) is 0 Å². The van der Waals surface area contributed by atoms with Crippen LogP contribution in [0, 0.1) is 0 Å². The molecule has 0 atom stereocenters. The fourth-order valence-electron chi connectivity index (χ4n) is 3.34. The van der Waals surface area contributed by atoms with Crippen LogP contribution in [0.1, 0.15) is 19.4 Å². The lowest BCUT2D eigenvalue weighted by Gasteiger charge is -2.12. The Morgan fingerprint density at radius 2 is 1.38 bits per heavy atom. The molecule has 0 saturated heterocycles. The molecule has 0 saturated carbocycles. The molecule has 0 fully saturated rings. The normalized spacial score (nSPS) is 10.6. The molecule has 0 aliphatic carbocycles. The molecule has 0 radical (unpaired) electrons. The van der Waals surface area contributed by atoms with Crippen LogP contribution >= 0.6 is 0 Å². The van der Waals surface area contributed by atoms with Crippen LogP contribution in [-0.4, -0.2) is 47.0 Å². The summed E-state index contributed by atoms with van der Waals surface area (Å²) in [5, 5.41) is 10.6. The van der Waals surface area contributed by atoms with Gasteiger partial charge in [-0.3, -0.25) is 0 Å². The number of anilines is 5. The van der Waals surface area contributed by atoms with Gasteiger partial charge in [-0.1, -0.05) is 36.4 Å². The molecule has 200 valence electrons. The number of carbonyl (C=O) groups excluding carboxylic acids is 1. The van der Waals surface area contributed by atoms with E-state index >= 15 is 0 Å². The van der Waals surface area contributed by atoms with E-state index in [0.29, 0.717) is 30.0 Å². The van der Waals surface area contributed by atoms with Crippen molar-refractivity contribution in [2.45, 2.75) is 13.8 Å². The van der Waals surface area contributed by atoms with Crippen molar-refractivity contribution in [2.75, 3.05) is 35.9 Å². The molecule has 0 bridgehead atoms. The van der Waals surface area contributed by atoms with Crippen molar-refractivity contribution < 1.29 is 19.0 Å². The number of hydrogen-bond acceptors (Lipinski definition) is 11. The second-order valence-electron chi connectivity index (χ2n) is 7.89. The number of rotatable bonds is 13. The van der Waals surface area contributed by atoms with Crippen molar-refractivity contribution in [1.29, 1.82) is 0 Å². The van der Waals surface area contributed by atoms with E-state index in [1.165, 1.54) is 0 Å². The molecule has 0 spiro atoms. The van der Waals surface area contributed by atoms with Crippen molar-refractivity contribution in [3.63, 3.8) is 0 Å². The number of aromatic nitrogens is 3. The fourth-order valence-corrected chi connectivity index (χ4v) is 3.34. The van der Waals surface area contributed by atoms with Crippen LogP contribution in [0.5, 0.6) is 11.5 Å².